The van der Waals surface area contributed by atoms with Crippen LogP contribution in [-0.4, -0.2) is 61.1 Å². The molecule has 0 aliphatic heterocycles. The molecule has 3 aromatic rings. The van der Waals surface area contributed by atoms with Crippen molar-refractivity contribution < 1.29 is 33.4 Å². The maximum absolute atomic E-state index is 14.5. The molecular formula is C36H49BrN4O7. The Morgan fingerprint density at radius 2 is 1.65 bits per heavy atom. The molecule has 12 heteroatoms. The smallest absolute Gasteiger partial charge is 0.420 e. The van der Waals surface area contributed by atoms with Crippen LogP contribution in [0.3, 0.4) is 0 Å². The van der Waals surface area contributed by atoms with E-state index in [1.165, 1.54) is 9.13 Å². The van der Waals surface area contributed by atoms with Gasteiger partial charge < -0.3 is 19.5 Å². The molecule has 48 heavy (non-hydrogen) atoms. The van der Waals surface area contributed by atoms with Crippen molar-refractivity contribution in [3.8, 4) is 5.75 Å². The van der Waals surface area contributed by atoms with Crippen molar-refractivity contribution in [2.75, 3.05) is 11.9 Å². The minimum absolute atomic E-state index is 0.0344. The number of carbonyl (C=O) groups is 4. The Kier molecular flexibility index (Phi) is 10.9. The summed E-state index contributed by atoms with van der Waals surface area (Å²) in [5.41, 5.74) is 0.229. The highest BCUT2D eigenvalue weighted by atomic mass is 79.9. The summed E-state index contributed by atoms with van der Waals surface area (Å²) in [5.74, 6) is 0.135. The molecule has 1 N–H and O–H groups in total. The predicted octanol–water partition coefficient (Wildman–Crippen LogP) is 8.30. The molecule has 0 bridgehead atoms. The number of ketones is 1. The number of Topliss-reactive ketones (excluding diaryl/α,β-unsaturated/α-hetero) is 1. The molecule has 4 rings (SSSR count). The molecule has 2 heterocycles. The van der Waals surface area contributed by atoms with Gasteiger partial charge in [0.05, 0.1) is 23.7 Å². The van der Waals surface area contributed by atoms with Gasteiger partial charge in [0.1, 0.15) is 28.5 Å². The first-order valence-electron chi connectivity index (χ1n) is 16.5. The van der Waals surface area contributed by atoms with Gasteiger partial charge in [-0.25, -0.2) is 23.7 Å². The third kappa shape index (κ3) is 8.30. The van der Waals surface area contributed by atoms with Crippen molar-refractivity contribution in [2.24, 2.45) is 5.41 Å². The monoisotopic (exact) mass is 728 g/mol. The molecule has 0 unspecified atom stereocenters. The van der Waals surface area contributed by atoms with Crippen molar-refractivity contribution in [1.29, 1.82) is 0 Å². The molecule has 1 aliphatic carbocycles. The molecule has 0 saturated carbocycles. The third-order valence-corrected chi connectivity index (χ3v) is 8.23. The second-order valence-electron chi connectivity index (χ2n) is 15.2. The van der Waals surface area contributed by atoms with E-state index in [4.69, 9.17) is 19.2 Å². The molecule has 262 valence electrons. The van der Waals surface area contributed by atoms with Crippen molar-refractivity contribution in [1.82, 2.24) is 19.4 Å². The molecule has 0 radical (unpaired) electrons. The lowest BCUT2D eigenvalue weighted by Crippen LogP contribution is -2.37. The lowest BCUT2D eigenvalue weighted by atomic mass is 9.75. The number of aromatic nitrogens is 3. The number of unbranched alkanes of at least 4 members (excludes halogenated alkanes) is 1. The van der Waals surface area contributed by atoms with Crippen molar-refractivity contribution in [3.05, 3.63) is 46.5 Å². The van der Waals surface area contributed by atoms with Gasteiger partial charge in [-0.15, -0.1) is 0 Å². The fraction of sp³-hybridized carbons (Fsp3) is 0.583. The fourth-order valence-electron chi connectivity index (χ4n) is 6.06. The van der Waals surface area contributed by atoms with Crippen LogP contribution in [0.25, 0.3) is 11.0 Å². The van der Waals surface area contributed by atoms with Gasteiger partial charge in [-0.1, -0.05) is 49.5 Å². The molecule has 1 aliphatic rings. The number of hydrogen-bond acceptors (Lipinski definition) is 8. The van der Waals surface area contributed by atoms with Crippen molar-refractivity contribution in [2.45, 2.75) is 119 Å². The molecule has 1 amide bonds. The maximum Gasteiger partial charge on any atom is 0.420 e. The average molecular weight is 730 g/mol. The van der Waals surface area contributed by atoms with Crippen LogP contribution in [-0.2, 0) is 15.9 Å². The van der Waals surface area contributed by atoms with E-state index in [9.17, 15) is 19.2 Å². The van der Waals surface area contributed by atoms with Gasteiger partial charge >= 0.3 is 12.2 Å². The Balaban J connectivity index is 1.88. The van der Waals surface area contributed by atoms with Crippen molar-refractivity contribution >= 4 is 50.8 Å². The van der Waals surface area contributed by atoms with Crippen LogP contribution in [0, 0.1) is 12.3 Å². The number of ether oxygens (including phenoxy) is 3. The Bertz CT molecular complexity index is 1720. The van der Waals surface area contributed by atoms with Gasteiger partial charge in [0.15, 0.2) is 5.78 Å². The van der Waals surface area contributed by atoms with E-state index in [1.807, 2.05) is 20.8 Å². The lowest BCUT2D eigenvalue weighted by Gasteiger charge is -2.30. The summed E-state index contributed by atoms with van der Waals surface area (Å²) in [4.78, 5) is 60.3. The molecule has 2 aromatic heterocycles. The molecule has 1 atom stereocenters. The first-order chi connectivity index (χ1) is 22.3. The minimum Gasteiger partial charge on any atom is -0.493 e. The zero-order chi connectivity index (χ0) is 35.8. The summed E-state index contributed by atoms with van der Waals surface area (Å²) >= 11 is 3.37. The Morgan fingerprint density at radius 3 is 2.23 bits per heavy atom. The zero-order valence-corrected chi connectivity index (χ0v) is 31.4. The van der Waals surface area contributed by atoms with Crippen LogP contribution in [0.2, 0.25) is 0 Å². The van der Waals surface area contributed by atoms with Crippen LogP contribution < -0.4 is 10.1 Å². The number of fused-ring (bicyclic) bond motifs is 2. The first kappa shape index (κ1) is 37.2. The quantitative estimate of drug-likeness (QED) is 0.218. The zero-order valence-electron chi connectivity index (χ0n) is 29.8. The number of rotatable bonds is 9. The molecule has 11 nitrogen and oxygen atoms in total. The predicted molar refractivity (Wildman–Crippen MR) is 188 cm³/mol. The maximum atomic E-state index is 14.5. The van der Waals surface area contributed by atoms with E-state index in [1.54, 1.807) is 66.7 Å². The van der Waals surface area contributed by atoms with Gasteiger partial charge in [-0.05, 0) is 84.4 Å². The fourth-order valence-corrected chi connectivity index (χ4v) is 6.22. The van der Waals surface area contributed by atoms with Crippen LogP contribution >= 0.6 is 15.9 Å². The Morgan fingerprint density at radius 1 is 1.02 bits per heavy atom. The summed E-state index contributed by atoms with van der Waals surface area (Å²) in [7, 11) is 0. The summed E-state index contributed by atoms with van der Waals surface area (Å²) < 4.78 is 20.1. The minimum atomic E-state index is -0.844. The first-order valence-corrected chi connectivity index (χ1v) is 17.6. The number of alkyl halides is 1. The second kappa shape index (κ2) is 14.1. The highest BCUT2D eigenvalue weighted by Crippen LogP contribution is 2.39. The van der Waals surface area contributed by atoms with Crippen LogP contribution in [0.5, 0.6) is 5.75 Å². The van der Waals surface area contributed by atoms with E-state index in [2.05, 4.69) is 21.2 Å². The molecular weight excluding hydrogens is 680 g/mol. The van der Waals surface area contributed by atoms with Crippen LogP contribution in [0.4, 0.5) is 9.59 Å². The van der Waals surface area contributed by atoms with Crippen molar-refractivity contribution in [3.63, 3.8) is 0 Å². The highest BCUT2D eigenvalue weighted by molar-refractivity contribution is 9.09. The Labute approximate surface area is 291 Å². The van der Waals surface area contributed by atoms with E-state index in [0.717, 1.165) is 6.42 Å². The Hall–Kier alpha value is -3.67. The molecule has 0 saturated heterocycles. The third-order valence-electron chi connectivity index (χ3n) is 7.90. The molecule has 1 aromatic carbocycles. The average Bonchev–Trinajstić information content (AvgIpc) is 3.46. The molecule has 0 fully saturated rings. The van der Waals surface area contributed by atoms with E-state index < -0.39 is 40.8 Å². The summed E-state index contributed by atoms with van der Waals surface area (Å²) in [6.45, 7) is 18.7. The standard InChI is InChI=1S/C36H49BrN4O7/c1-11-12-13-24(30-38-23-15-14-22(46-17-16-37)18-25(23)41(30)33(45)48-35(6,7)8)39-31(43)29-21(2)28-26(19-36(9,10)20-27(28)42)40(29)32(44)47-34(3,4)5/h14-15,18,24H,11-13,16-17,19-20H2,1-10H3,(H,39,43)/t24-/m0/s1. The van der Waals surface area contributed by atoms with E-state index in [0.29, 0.717) is 71.2 Å². The summed E-state index contributed by atoms with van der Waals surface area (Å²) in [6, 6.07) is 4.52. The van der Waals surface area contributed by atoms with Gasteiger partial charge in [0.25, 0.3) is 5.91 Å². The highest BCUT2D eigenvalue weighted by Gasteiger charge is 2.41. The second-order valence-corrected chi connectivity index (χ2v) is 16.0. The molecule has 0 spiro atoms. The largest absolute Gasteiger partial charge is 0.493 e. The van der Waals surface area contributed by atoms with Gasteiger partial charge in [-0.2, -0.15) is 0 Å². The van der Waals surface area contributed by atoms with E-state index >= 15 is 0 Å². The summed E-state index contributed by atoms with van der Waals surface area (Å²) in [6.07, 6.45) is 1.29. The van der Waals surface area contributed by atoms with Crippen LogP contribution in [0.1, 0.15) is 132 Å². The number of hydrogen-bond donors (Lipinski definition) is 1. The number of amides is 1. The SMILES string of the molecule is CCCC[C@H](NC(=O)c1c(C)c2c(n1C(=O)OC(C)(C)C)CC(C)(C)CC2=O)c1nc2ccc(OCCBr)cc2n1C(=O)OC(C)(C)C. The number of halogens is 1. The number of imidazole rings is 1. The van der Waals surface area contributed by atoms with Gasteiger partial charge in [-0.3, -0.25) is 9.59 Å². The number of carbonyl (C=O) groups excluding carboxylic acids is 4. The van der Waals surface area contributed by atoms with Gasteiger partial charge in [0, 0.05) is 29.1 Å². The van der Waals surface area contributed by atoms with Gasteiger partial charge in [0.2, 0.25) is 0 Å². The normalized spacial score (nSPS) is 15.2. The number of nitrogens with one attached hydrogen (secondary N) is 1. The number of nitrogens with zero attached hydrogens (tertiary/aromatic N) is 3. The summed E-state index contributed by atoms with van der Waals surface area (Å²) in [5, 5.41) is 3.72. The topological polar surface area (TPSA) is 131 Å². The number of benzene rings is 1. The van der Waals surface area contributed by atoms with E-state index in [-0.39, 0.29) is 17.3 Å². The lowest BCUT2D eigenvalue weighted by molar-refractivity contribution is 0.0516. The van der Waals surface area contributed by atoms with Crippen LogP contribution in [0.15, 0.2) is 18.2 Å².